The van der Waals surface area contributed by atoms with E-state index in [0.717, 1.165) is 6.42 Å². The molecule has 1 aromatic rings. The van der Waals surface area contributed by atoms with Crippen molar-refractivity contribution < 1.29 is 17.9 Å². The van der Waals surface area contributed by atoms with E-state index in [4.69, 9.17) is 4.74 Å². The van der Waals surface area contributed by atoms with Gasteiger partial charge in [0.05, 0.1) is 12.2 Å². The number of esters is 1. The van der Waals surface area contributed by atoms with E-state index in [-0.39, 0.29) is 18.1 Å². The molecule has 1 atom stereocenters. The highest BCUT2D eigenvalue weighted by Gasteiger charge is 2.24. The third kappa shape index (κ3) is 3.92. The second-order valence-corrected chi connectivity index (χ2v) is 6.53. The Hall–Kier alpha value is -1.62. The third-order valence-electron chi connectivity index (χ3n) is 3.00. The van der Waals surface area contributed by atoms with E-state index < -0.39 is 15.8 Å². The summed E-state index contributed by atoms with van der Waals surface area (Å²) in [5.74, 6) is -0.188. The Bertz CT molecular complexity index is 584. The number of hydrogen-bond donors (Lipinski definition) is 0. The number of allylic oxidation sites excluding steroid dienone is 1. The van der Waals surface area contributed by atoms with Gasteiger partial charge >= 0.3 is 5.97 Å². The smallest absolute Gasteiger partial charge is 0.311 e. The Balaban J connectivity index is 1.89. The second-order valence-electron chi connectivity index (χ2n) is 4.59. The molecule has 0 fully saturated rings. The molecule has 0 N–H and O–H groups in total. The second kappa shape index (κ2) is 5.57. The van der Waals surface area contributed by atoms with Crippen molar-refractivity contribution in [2.45, 2.75) is 19.8 Å². The van der Waals surface area contributed by atoms with Crippen LogP contribution in [-0.2, 0) is 21.1 Å². The van der Waals surface area contributed by atoms with Crippen LogP contribution in [0.5, 0.6) is 5.75 Å². The van der Waals surface area contributed by atoms with Crippen molar-refractivity contribution in [3.8, 4) is 5.75 Å². The molecule has 1 aliphatic rings. The van der Waals surface area contributed by atoms with Crippen molar-refractivity contribution in [2.75, 3.05) is 5.75 Å². The van der Waals surface area contributed by atoms with E-state index in [0.29, 0.717) is 5.75 Å². The van der Waals surface area contributed by atoms with Crippen molar-refractivity contribution in [2.24, 2.45) is 5.92 Å². The minimum absolute atomic E-state index is 0.00310. The van der Waals surface area contributed by atoms with Crippen LogP contribution in [0.1, 0.15) is 18.9 Å². The van der Waals surface area contributed by atoms with E-state index in [2.05, 4.69) is 0 Å². The summed E-state index contributed by atoms with van der Waals surface area (Å²) in [4.78, 5) is 11.7. The van der Waals surface area contributed by atoms with Crippen LogP contribution in [0.3, 0.4) is 0 Å². The van der Waals surface area contributed by atoms with Crippen molar-refractivity contribution in [3.63, 3.8) is 0 Å². The van der Waals surface area contributed by atoms with Crippen LogP contribution in [0.2, 0.25) is 0 Å². The zero-order valence-electron chi connectivity index (χ0n) is 10.7. The fourth-order valence-corrected chi connectivity index (χ4v) is 3.35. The summed E-state index contributed by atoms with van der Waals surface area (Å²) in [7, 11) is -3.11. The van der Waals surface area contributed by atoms with Gasteiger partial charge in [-0.25, -0.2) is 8.42 Å². The van der Waals surface area contributed by atoms with E-state index in [1.54, 1.807) is 18.2 Å². The largest absolute Gasteiger partial charge is 0.427 e. The number of carbonyl (C=O) groups is 1. The Kier molecular flexibility index (Phi) is 4.04. The molecule has 2 rings (SSSR count). The lowest BCUT2D eigenvalue weighted by Gasteiger charge is -2.07. The highest BCUT2D eigenvalue weighted by Crippen LogP contribution is 2.20. The lowest BCUT2D eigenvalue weighted by atomic mass is 10.1. The average Bonchev–Trinajstić information content (AvgIpc) is 2.69. The number of sulfone groups is 1. The average molecular weight is 280 g/mol. The van der Waals surface area contributed by atoms with Gasteiger partial charge < -0.3 is 4.74 Å². The highest BCUT2D eigenvalue weighted by atomic mass is 32.2. The van der Waals surface area contributed by atoms with Gasteiger partial charge in [0.1, 0.15) is 5.75 Å². The number of ether oxygens (including phenoxy) is 1. The van der Waals surface area contributed by atoms with Gasteiger partial charge in [0, 0.05) is 11.3 Å². The molecule has 1 heterocycles. The molecule has 1 aromatic carbocycles. The molecule has 0 radical (unpaired) electrons. The zero-order chi connectivity index (χ0) is 13.9. The van der Waals surface area contributed by atoms with Crippen molar-refractivity contribution in [1.82, 2.24) is 0 Å². The number of hydrogen-bond acceptors (Lipinski definition) is 4. The summed E-state index contributed by atoms with van der Waals surface area (Å²) in [5.41, 5.74) is 1.17. The van der Waals surface area contributed by atoms with Crippen LogP contribution in [0.4, 0.5) is 0 Å². The molecule has 102 valence electrons. The van der Waals surface area contributed by atoms with Gasteiger partial charge in [-0.3, -0.25) is 4.79 Å². The van der Waals surface area contributed by atoms with Gasteiger partial charge in [-0.1, -0.05) is 25.1 Å². The molecule has 1 unspecified atom stereocenters. The predicted octanol–water partition coefficient (Wildman–Crippen LogP) is 2.10. The fraction of sp³-hybridized carbons (Fsp3) is 0.357. The van der Waals surface area contributed by atoms with Crippen molar-refractivity contribution in [3.05, 3.63) is 41.3 Å². The zero-order valence-corrected chi connectivity index (χ0v) is 11.5. The molecule has 4 nitrogen and oxygen atoms in total. The van der Waals surface area contributed by atoms with Gasteiger partial charge in [-0.05, 0) is 24.1 Å². The topological polar surface area (TPSA) is 60.4 Å². The minimum Gasteiger partial charge on any atom is -0.427 e. The number of carbonyl (C=O) groups excluding carboxylic acids is 1. The first-order chi connectivity index (χ1) is 8.98. The monoisotopic (exact) mass is 280 g/mol. The van der Waals surface area contributed by atoms with E-state index >= 15 is 0 Å². The Morgan fingerprint density at radius 2 is 2.00 bits per heavy atom. The number of rotatable bonds is 4. The standard InChI is InChI=1S/C14H16O4S/c1-2-11-3-5-13(6-4-11)18-14(15)9-12-7-8-19(16,17)10-12/h3-8,12H,2,9-10H2,1H3. The third-order valence-corrected chi connectivity index (χ3v) is 4.46. The predicted molar refractivity (Wildman–Crippen MR) is 72.5 cm³/mol. The molecule has 5 heteroatoms. The Labute approximate surface area is 113 Å². The maximum Gasteiger partial charge on any atom is 0.311 e. The molecule has 0 spiro atoms. The molecule has 0 amide bonds. The quantitative estimate of drug-likeness (QED) is 0.626. The SMILES string of the molecule is CCc1ccc(OC(=O)CC2C=CS(=O)(=O)C2)cc1. The summed E-state index contributed by atoms with van der Waals surface area (Å²) in [6, 6.07) is 7.31. The van der Waals surface area contributed by atoms with Crippen LogP contribution < -0.4 is 4.74 Å². The molecule has 0 aromatic heterocycles. The number of aryl methyl sites for hydroxylation is 1. The summed E-state index contributed by atoms with van der Waals surface area (Å²) >= 11 is 0. The molecule has 0 saturated heterocycles. The van der Waals surface area contributed by atoms with Crippen molar-refractivity contribution >= 4 is 15.8 Å². The maximum atomic E-state index is 11.7. The van der Waals surface area contributed by atoms with Crippen LogP contribution in [0, 0.1) is 5.92 Å². The normalized spacial score (nSPS) is 20.4. The summed E-state index contributed by atoms with van der Waals surface area (Å²) in [6.45, 7) is 2.05. The Morgan fingerprint density at radius 1 is 1.32 bits per heavy atom. The van der Waals surface area contributed by atoms with Gasteiger partial charge in [0.2, 0.25) is 0 Å². The minimum atomic E-state index is -3.11. The van der Waals surface area contributed by atoms with Gasteiger partial charge in [-0.15, -0.1) is 0 Å². The van der Waals surface area contributed by atoms with Crippen LogP contribution >= 0.6 is 0 Å². The lowest BCUT2D eigenvalue weighted by Crippen LogP contribution is -2.15. The molecular weight excluding hydrogens is 264 g/mol. The molecule has 19 heavy (non-hydrogen) atoms. The first-order valence-electron chi connectivity index (χ1n) is 6.19. The molecule has 1 aliphatic heterocycles. The first kappa shape index (κ1) is 13.8. The number of benzene rings is 1. The lowest BCUT2D eigenvalue weighted by molar-refractivity contribution is -0.134. The molecular formula is C14H16O4S. The van der Waals surface area contributed by atoms with Crippen LogP contribution in [0.25, 0.3) is 0 Å². The fourth-order valence-electron chi connectivity index (χ4n) is 1.95. The van der Waals surface area contributed by atoms with E-state index in [9.17, 15) is 13.2 Å². The van der Waals surface area contributed by atoms with Crippen LogP contribution in [0.15, 0.2) is 35.7 Å². The summed E-state index contributed by atoms with van der Waals surface area (Å²) in [5, 5.41) is 1.17. The van der Waals surface area contributed by atoms with E-state index in [1.807, 2.05) is 19.1 Å². The van der Waals surface area contributed by atoms with Gasteiger partial charge in [-0.2, -0.15) is 0 Å². The highest BCUT2D eigenvalue weighted by molar-refractivity contribution is 7.94. The maximum absolute atomic E-state index is 11.7. The summed E-state index contributed by atoms with van der Waals surface area (Å²) < 4.78 is 27.6. The summed E-state index contributed by atoms with van der Waals surface area (Å²) in [6.07, 6.45) is 2.57. The molecule has 0 saturated carbocycles. The molecule has 0 aliphatic carbocycles. The molecule has 0 bridgehead atoms. The van der Waals surface area contributed by atoms with Gasteiger partial charge in [0.25, 0.3) is 0 Å². The first-order valence-corrected chi connectivity index (χ1v) is 7.90. The van der Waals surface area contributed by atoms with Crippen molar-refractivity contribution in [1.29, 1.82) is 0 Å². The Morgan fingerprint density at radius 3 is 2.53 bits per heavy atom. The van der Waals surface area contributed by atoms with Gasteiger partial charge in [0.15, 0.2) is 9.84 Å². The van der Waals surface area contributed by atoms with E-state index in [1.165, 1.54) is 11.0 Å². The van der Waals surface area contributed by atoms with Crippen LogP contribution in [-0.4, -0.2) is 20.1 Å².